The minimum absolute atomic E-state index is 0.000397. The monoisotopic (exact) mass is 330 g/mol. The molecule has 0 fully saturated rings. The van der Waals surface area contributed by atoms with Gasteiger partial charge in [-0.3, -0.25) is 0 Å². The van der Waals surface area contributed by atoms with E-state index in [1.165, 1.54) is 6.92 Å². The normalized spacial score (nSPS) is 12.9. The van der Waals surface area contributed by atoms with Gasteiger partial charge in [0.1, 0.15) is 5.76 Å². The van der Waals surface area contributed by atoms with Gasteiger partial charge < -0.3 is 8.92 Å². The van der Waals surface area contributed by atoms with E-state index in [1.54, 1.807) is 6.92 Å². The Bertz CT molecular complexity index is 505. The van der Waals surface area contributed by atoms with Crippen molar-refractivity contribution in [2.75, 3.05) is 6.61 Å². The van der Waals surface area contributed by atoms with E-state index in [9.17, 15) is 26.4 Å². The zero-order valence-corrected chi connectivity index (χ0v) is 12.5. The van der Waals surface area contributed by atoms with Crippen molar-refractivity contribution in [3.05, 3.63) is 24.0 Å². The lowest BCUT2D eigenvalue weighted by Gasteiger charge is -2.12. The molecule has 0 spiro atoms. The summed E-state index contributed by atoms with van der Waals surface area (Å²) in [6.07, 6.45) is 1.18. The summed E-state index contributed by atoms with van der Waals surface area (Å²) in [5.74, 6) is -1.59. The van der Waals surface area contributed by atoms with E-state index in [0.717, 1.165) is 5.57 Å². The SMILES string of the molecule is C=C(C)CCC/C(=C/C(=O)OCC)OS(=O)(=O)C(F)(F)F. The Balaban J connectivity index is 5.05. The van der Waals surface area contributed by atoms with Gasteiger partial charge in [-0.15, -0.1) is 6.58 Å². The van der Waals surface area contributed by atoms with E-state index in [2.05, 4.69) is 15.5 Å². The van der Waals surface area contributed by atoms with Crippen LogP contribution in [0.3, 0.4) is 0 Å². The predicted octanol–water partition coefficient (Wildman–Crippen LogP) is 3.05. The smallest absolute Gasteiger partial charge is 0.463 e. The van der Waals surface area contributed by atoms with Gasteiger partial charge in [-0.2, -0.15) is 21.6 Å². The molecule has 0 radical (unpaired) electrons. The molecule has 0 atom stereocenters. The van der Waals surface area contributed by atoms with Crippen LogP contribution < -0.4 is 0 Å². The first-order chi connectivity index (χ1) is 9.49. The van der Waals surface area contributed by atoms with Crippen LogP contribution in [0.1, 0.15) is 33.1 Å². The van der Waals surface area contributed by atoms with Crippen molar-refractivity contribution in [2.24, 2.45) is 0 Å². The van der Waals surface area contributed by atoms with Crippen LogP contribution in [0.5, 0.6) is 0 Å². The Morgan fingerprint density at radius 1 is 1.29 bits per heavy atom. The summed E-state index contributed by atoms with van der Waals surface area (Å²) in [7, 11) is -5.81. The van der Waals surface area contributed by atoms with Crippen LogP contribution in [0.25, 0.3) is 0 Å². The molecule has 21 heavy (non-hydrogen) atoms. The molecule has 0 aliphatic carbocycles. The highest BCUT2D eigenvalue weighted by molar-refractivity contribution is 7.87. The van der Waals surface area contributed by atoms with Crippen LogP contribution >= 0.6 is 0 Å². The van der Waals surface area contributed by atoms with Gasteiger partial charge in [0.2, 0.25) is 0 Å². The van der Waals surface area contributed by atoms with Gasteiger partial charge in [0.05, 0.1) is 12.7 Å². The van der Waals surface area contributed by atoms with Crippen LogP contribution in [-0.2, 0) is 23.8 Å². The first-order valence-corrected chi connectivity index (χ1v) is 7.43. The number of halogens is 3. The largest absolute Gasteiger partial charge is 0.534 e. The fourth-order valence-corrected chi connectivity index (χ4v) is 1.71. The number of hydrogen-bond acceptors (Lipinski definition) is 5. The minimum atomic E-state index is -5.81. The zero-order valence-electron chi connectivity index (χ0n) is 11.7. The highest BCUT2D eigenvalue weighted by atomic mass is 32.2. The van der Waals surface area contributed by atoms with Crippen molar-refractivity contribution >= 4 is 16.1 Å². The third-order valence-corrected chi connectivity index (χ3v) is 3.09. The minimum Gasteiger partial charge on any atom is -0.463 e. The number of ether oxygens (including phenoxy) is 1. The molecule has 5 nitrogen and oxygen atoms in total. The highest BCUT2D eigenvalue weighted by Gasteiger charge is 2.48. The van der Waals surface area contributed by atoms with Gasteiger partial charge in [0, 0.05) is 6.42 Å². The molecule has 0 aromatic carbocycles. The lowest BCUT2D eigenvalue weighted by atomic mass is 10.1. The van der Waals surface area contributed by atoms with Gasteiger partial charge in [0.15, 0.2) is 0 Å². The number of carbonyl (C=O) groups is 1. The second kappa shape index (κ2) is 8.06. The van der Waals surface area contributed by atoms with Crippen molar-refractivity contribution in [3.8, 4) is 0 Å². The first-order valence-electron chi connectivity index (χ1n) is 6.02. The maximum absolute atomic E-state index is 12.3. The third-order valence-electron chi connectivity index (χ3n) is 2.09. The van der Waals surface area contributed by atoms with Crippen LogP contribution in [-0.4, -0.2) is 26.5 Å². The molecule has 9 heteroatoms. The van der Waals surface area contributed by atoms with Gasteiger partial charge in [-0.05, 0) is 26.7 Å². The van der Waals surface area contributed by atoms with Gasteiger partial charge >= 0.3 is 21.6 Å². The van der Waals surface area contributed by atoms with E-state index < -0.39 is 27.4 Å². The molecule has 0 saturated carbocycles. The molecule has 0 saturated heterocycles. The Kier molecular flexibility index (Phi) is 7.48. The number of hydrogen-bond donors (Lipinski definition) is 0. The van der Waals surface area contributed by atoms with Crippen molar-refractivity contribution in [1.82, 2.24) is 0 Å². The van der Waals surface area contributed by atoms with Crippen LogP contribution in [0.4, 0.5) is 13.2 Å². The second-order valence-corrected chi connectivity index (χ2v) is 5.69. The maximum Gasteiger partial charge on any atom is 0.534 e. The van der Waals surface area contributed by atoms with Gasteiger partial charge in [-0.1, -0.05) is 5.57 Å². The topological polar surface area (TPSA) is 69.7 Å². The lowest BCUT2D eigenvalue weighted by molar-refractivity contribution is -0.137. The average molecular weight is 330 g/mol. The molecule has 0 unspecified atom stereocenters. The molecule has 0 N–H and O–H groups in total. The van der Waals surface area contributed by atoms with Crippen molar-refractivity contribution in [2.45, 2.75) is 38.6 Å². The molecule has 0 amide bonds. The standard InChI is InChI=1S/C12H17F3O5S/c1-4-19-11(16)8-10(7-5-6-9(2)3)20-21(17,18)12(13,14)15/h8H,2,4-7H2,1,3H3/b10-8-. The summed E-state index contributed by atoms with van der Waals surface area (Å²) in [5.41, 5.74) is -4.79. The van der Waals surface area contributed by atoms with E-state index in [0.29, 0.717) is 12.5 Å². The molecular weight excluding hydrogens is 313 g/mol. The van der Waals surface area contributed by atoms with E-state index in [-0.39, 0.29) is 19.4 Å². The summed E-state index contributed by atoms with van der Waals surface area (Å²) < 4.78 is 67.1. The molecule has 0 bridgehead atoms. The zero-order chi connectivity index (χ0) is 16.7. The molecule has 0 heterocycles. The van der Waals surface area contributed by atoms with Gasteiger partial charge in [-0.25, -0.2) is 4.79 Å². The summed E-state index contributed by atoms with van der Waals surface area (Å²) >= 11 is 0. The van der Waals surface area contributed by atoms with Crippen LogP contribution in [0, 0.1) is 0 Å². The van der Waals surface area contributed by atoms with E-state index >= 15 is 0 Å². The lowest BCUT2D eigenvalue weighted by Crippen LogP contribution is -2.25. The van der Waals surface area contributed by atoms with Crippen LogP contribution in [0.15, 0.2) is 24.0 Å². The summed E-state index contributed by atoms with van der Waals surface area (Å²) in [6, 6.07) is 0. The van der Waals surface area contributed by atoms with Crippen LogP contribution in [0.2, 0.25) is 0 Å². The molecule has 0 rings (SSSR count). The number of esters is 1. The molecule has 0 aromatic heterocycles. The fourth-order valence-electron chi connectivity index (χ4n) is 1.21. The molecule has 0 aliphatic heterocycles. The molecule has 0 aliphatic rings. The molecule has 0 aromatic rings. The Morgan fingerprint density at radius 3 is 2.29 bits per heavy atom. The fraction of sp³-hybridized carbons (Fsp3) is 0.583. The first kappa shape index (κ1) is 19.5. The number of alkyl halides is 3. The number of rotatable bonds is 8. The summed E-state index contributed by atoms with van der Waals surface area (Å²) in [5, 5.41) is 0. The molecular formula is C12H17F3O5S. The van der Waals surface area contributed by atoms with Crippen molar-refractivity contribution < 1.29 is 35.3 Å². The Labute approximate surface area is 121 Å². The number of allylic oxidation sites excluding steroid dienone is 2. The Morgan fingerprint density at radius 2 is 1.86 bits per heavy atom. The summed E-state index contributed by atoms with van der Waals surface area (Å²) in [4.78, 5) is 11.2. The highest BCUT2D eigenvalue weighted by Crippen LogP contribution is 2.28. The number of carbonyl (C=O) groups excluding carboxylic acids is 1. The van der Waals surface area contributed by atoms with Crippen molar-refractivity contribution in [3.63, 3.8) is 0 Å². The van der Waals surface area contributed by atoms with Crippen molar-refractivity contribution in [1.29, 1.82) is 0 Å². The maximum atomic E-state index is 12.3. The Hall–Kier alpha value is -1.51. The average Bonchev–Trinajstić information content (AvgIpc) is 2.26. The third kappa shape index (κ3) is 7.74. The van der Waals surface area contributed by atoms with E-state index in [4.69, 9.17) is 0 Å². The quantitative estimate of drug-likeness (QED) is 0.171. The second-order valence-electron chi connectivity index (χ2n) is 4.16. The molecule has 122 valence electrons. The predicted molar refractivity (Wildman–Crippen MR) is 69.4 cm³/mol. The van der Waals surface area contributed by atoms with Gasteiger partial charge in [0.25, 0.3) is 0 Å². The van der Waals surface area contributed by atoms with E-state index in [1.807, 2.05) is 0 Å². The summed E-state index contributed by atoms with van der Waals surface area (Å²) in [6.45, 7) is 6.82.